The van der Waals surface area contributed by atoms with Gasteiger partial charge in [-0.1, -0.05) is 97.1 Å². The monoisotopic (exact) mass is 655 g/mol. The lowest BCUT2D eigenvalue weighted by atomic mass is 9.98. The van der Waals surface area contributed by atoms with Crippen molar-refractivity contribution in [2.45, 2.75) is 31.7 Å². The third-order valence-corrected chi connectivity index (χ3v) is 9.12. The number of carbonyl (C=O) groups excluding carboxylic acids is 3. The molecule has 0 radical (unpaired) electrons. The SMILES string of the molecule is C=CCN1CC(=O)N2C(Cc3ccc(O)cc3)C(=O)N(Cc3cccc4c(-c5ccccc5)[nH]nc34)CC2N1C(=O)NCc1ccccc1. The van der Waals surface area contributed by atoms with E-state index in [1.807, 2.05) is 78.9 Å². The second kappa shape index (κ2) is 13.7. The minimum Gasteiger partial charge on any atom is -0.508 e. The molecule has 11 nitrogen and oxygen atoms in total. The van der Waals surface area contributed by atoms with Crippen LogP contribution in [0.15, 0.2) is 116 Å². The highest BCUT2D eigenvalue weighted by molar-refractivity contribution is 5.95. The first kappa shape index (κ1) is 31.6. The van der Waals surface area contributed by atoms with Gasteiger partial charge in [-0.3, -0.25) is 14.7 Å². The highest BCUT2D eigenvalue weighted by Crippen LogP contribution is 2.32. The molecule has 0 saturated carbocycles. The number of aromatic hydroxyl groups is 1. The molecular weight excluding hydrogens is 618 g/mol. The van der Waals surface area contributed by atoms with Crippen LogP contribution in [0.2, 0.25) is 0 Å². The second-order valence-electron chi connectivity index (χ2n) is 12.3. The number of amides is 4. The number of aromatic nitrogens is 2. The van der Waals surface area contributed by atoms with Crippen LogP contribution >= 0.6 is 0 Å². The fourth-order valence-electron chi connectivity index (χ4n) is 6.81. The Kier molecular flexibility index (Phi) is 8.82. The first-order valence-corrected chi connectivity index (χ1v) is 16.3. The van der Waals surface area contributed by atoms with Gasteiger partial charge in [0.25, 0.3) is 0 Å². The molecular formula is C38H37N7O4. The molecule has 4 amide bonds. The number of aromatic amines is 1. The molecule has 7 rings (SSSR count). The van der Waals surface area contributed by atoms with Crippen molar-refractivity contribution in [1.82, 2.24) is 35.3 Å². The smallest absolute Gasteiger partial charge is 0.334 e. The molecule has 3 N–H and O–H groups in total. The van der Waals surface area contributed by atoms with Gasteiger partial charge in [-0.2, -0.15) is 5.10 Å². The molecule has 248 valence electrons. The van der Waals surface area contributed by atoms with E-state index in [1.165, 1.54) is 0 Å². The molecule has 0 bridgehead atoms. The fourth-order valence-corrected chi connectivity index (χ4v) is 6.81. The van der Waals surface area contributed by atoms with E-state index in [9.17, 15) is 19.5 Å². The number of hydrogen-bond donors (Lipinski definition) is 3. The van der Waals surface area contributed by atoms with Gasteiger partial charge < -0.3 is 20.2 Å². The Balaban J connectivity index is 1.25. The van der Waals surface area contributed by atoms with Crippen LogP contribution in [0.4, 0.5) is 4.79 Å². The summed E-state index contributed by atoms with van der Waals surface area (Å²) in [5.41, 5.74) is 5.19. The second-order valence-corrected chi connectivity index (χ2v) is 12.3. The van der Waals surface area contributed by atoms with Crippen LogP contribution in [0.1, 0.15) is 16.7 Å². The summed E-state index contributed by atoms with van der Waals surface area (Å²) >= 11 is 0. The van der Waals surface area contributed by atoms with Crippen LogP contribution in [0.5, 0.6) is 5.75 Å². The number of piperazine rings is 1. The number of nitrogens with zero attached hydrogens (tertiary/aromatic N) is 5. The van der Waals surface area contributed by atoms with Crippen LogP contribution in [-0.2, 0) is 29.1 Å². The maximum absolute atomic E-state index is 14.5. The largest absolute Gasteiger partial charge is 0.508 e. The Morgan fingerprint density at radius 2 is 1.67 bits per heavy atom. The van der Waals surface area contributed by atoms with Crippen LogP contribution in [0, 0.1) is 0 Å². The maximum Gasteiger partial charge on any atom is 0.334 e. The third-order valence-electron chi connectivity index (χ3n) is 9.12. The Morgan fingerprint density at radius 3 is 2.41 bits per heavy atom. The number of hydrazine groups is 1. The van der Waals surface area contributed by atoms with Crippen molar-refractivity contribution in [3.05, 3.63) is 132 Å². The van der Waals surface area contributed by atoms with Gasteiger partial charge in [-0.15, -0.1) is 6.58 Å². The number of H-pyrrole nitrogens is 1. The zero-order valence-corrected chi connectivity index (χ0v) is 26.9. The number of fused-ring (bicyclic) bond motifs is 2. The summed E-state index contributed by atoms with van der Waals surface area (Å²) in [4.78, 5) is 45.7. The zero-order chi connectivity index (χ0) is 33.9. The van der Waals surface area contributed by atoms with Crippen molar-refractivity contribution in [2.24, 2.45) is 0 Å². The Hall–Kier alpha value is -5.94. The van der Waals surface area contributed by atoms with Gasteiger partial charge in [0.1, 0.15) is 18.0 Å². The normalized spacial score (nSPS) is 18.1. The maximum atomic E-state index is 14.5. The van der Waals surface area contributed by atoms with Gasteiger partial charge in [0.05, 0.1) is 24.3 Å². The minimum atomic E-state index is -0.885. The molecule has 11 heteroatoms. The van der Waals surface area contributed by atoms with E-state index in [0.29, 0.717) is 6.54 Å². The van der Waals surface area contributed by atoms with E-state index in [-0.39, 0.29) is 56.2 Å². The molecule has 4 aromatic carbocycles. The van der Waals surface area contributed by atoms with Gasteiger partial charge in [-0.25, -0.2) is 14.8 Å². The van der Waals surface area contributed by atoms with Crippen molar-refractivity contribution in [3.8, 4) is 17.0 Å². The molecule has 2 aliphatic rings. The predicted octanol–water partition coefficient (Wildman–Crippen LogP) is 4.67. The summed E-state index contributed by atoms with van der Waals surface area (Å²) in [7, 11) is 0. The molecule has 2 saturated heterocycles. The molecule has 0 aliphatic carbocycles. The van der Waals surface area contributed by atoms with E-state index >= 15 is 0 Å². The van der Waals surface area contributed by atoms with E-state index < -0.39 is 12.2 Å². The van der Waals surface area contributed by atoms with E-state index in [2.05, 4.69) is 22.1 Å². The number of nitrogens with one attached hydrogen (secondary N) is 2. The summed E-state index contributed by atoms with van der Waals surface area (Å²) in [6.45, 7) is 4.65. The minimum absolute atomic E-state index is 0.0878. The van der Waals surface area contributed by atoms with Gasteiger partial charge in [-0.05, 0) is 28.8 Å². The summed E-state index contributed by atoms with van der Waals surface area (Å²) in [5.74, 6) is -0.372. The predicted molar refractivity (Wildman–Crippen MR) is 185 cm³/mol. The van der Waals surface area contributed by atoms with Crippen LogP contribution in [0.25, 0.3) is 22.2 Å². The van der Waals surface area contributed by atoms with Gasteiger partial charge in [0, 0.05) is 37.0 Å². The molecule has 2 fully saturated rings. The van der Waals surface area contributed by atoms with Crippen molar-refractivity contribution in [1.29, 1.82) is 0 Å². The number of para-hydroxylation sites is 1. The quantitative estimate of drug-likeness (QED) is 0.198. The fraction of sp³-hybridized carbons (Fsp3) is 0.211. The first-order chi connectivity index (χ1) is 23.9. The first-order valence-electron chi connectivity index (χ1n) is 16.3. The lowest BCUT2D eigenvalue weighted by molar-refractivity contribution is -0.189. The van der Waals surface area contributed by atoms with Gasteiger partial charge >= 0.3 is 6.03 Å². The number of hydrogen-bond acceptors (Lipinski definition) is 6. The number of urea groups is 1. The Labute approximate surface area is 284 Å². The highest BCUT2D eigenvalue weighted by atomic mass is 16.3. The number of rotatable bonds is 9. The van der Waals surface area contributed by atoms with Gasteiger partial charge in [0.15, 0.2) is 0 Å². The van der Waals surface area contributed by atoms with Crippen LogP contribution in [0.3, 0.4) is 0 Å². The number of benzene rings is 4. The van der Waals surface area contributed by atoms with E-state index in [4.69, 9.17) is 0 Å². The van der Waals surface area contributed by atoms with Crippen molar-refractivity contribution in [2.75, 3.05) is 19.6 Å². The van der Waals surface area contributed by atoms with Gasteiger partial charge in [0.2, 0.25) is 11.8 Å². The number of phenols is 1. The van der Waals surface area contributed by atoms with E-state index in [0.717, 1.165) is 38.9 Å². The van der Waals surface area contributed by atoms with Crippen LogP contribution < -0.4 is 5.32 Å². The topological polar surface area (TPSA) is 125 Å². The average molecular weight is 656 g/mol. The average Bonchev–Trinajstić information content (AvgIpc) is 3.56. The zero-order valence-electron chi connectivity index (χ0n) is 26.9. The molecule has 1 aromatic heterocycles. The summed E-state index contributed by atoms with van der Waals surface area (Å²) < 4.78 is 0. The van der Waals surface area contributed by atoms with Crippen LogP contribution in [-0.4, -0.2) is 84.8 Å². The standard InChI is InChI=1S/C38H37N7O4/c1-2-20-43-25-34(47)44-32(21-26-16-18-30(46)19-17-26)37(48)42(24-33(44)45(43)38(49)39-22-27-10-5-3-6-11-27)23-29-14-9-15-31-35(40-41-36(29)31)28-12-7-4-8-13-28/h2-19,32-33,46H,1,20-25H2,(H,39,49)(H,40,41). The summed E-state index contributed by atoms with van der Waals surface area (Å²) in [6.07, 6.45) is 1.08. The molecule has 5 aromatic rings. The van der Waals surface area contributed by atoms with Crippen molar-refractivity contribution >= 4 is 28.7 Å². The Bertz CT molecular complexity index is 1980. The molecule has 49 heavy (non-hydrogen) atoms. The molecule has 2 unspecified atom stereocenters. The van der Waals surface area contributed by atoms with Crippen molar-refractivity contribution < 1.29 is 19.5 Å². The lowest BCUT2D eigenvalue weighted by Crippen LogP contribution is -2.76. The number of carbonyl (C=O) groups is 3. The third kappa shape index (κ3) is 6.35. The summed E-state index contributed by atoms with van der Waals surface area (Å²) in [6, 6.07) is 30.8. The molecule has 2 atom stereocenters. The molecule has 2 aliphatic heterocycles. The Morgan fingerprint density at radius 1 is 0.939 bits per heavy atom. The summed E-state index contributed by atoms with van der Waals surface area (Å²) in [5, 5.41) is 25.0. The number of phenolic OH excluding ortho intramolecular Hbond substituents is 1. The lowest BCUT2D eigenvalue weighted by Gasteiger charge is -2.55. The van der Waals surface area contributed by atoms with Crippen molar-refractivity contribution in [3.63, 3.8) is 0 Å². The van der Waals surface area contributed by atoms with E-state index in [1.54, 1.807) is 50.2 Å². The molecule has 0 spiro atoms. The highest BCUT2D eigenvalue weighted by Gasteiger charge is 2.51. The molecule has 3 heterocycles.